The summed E-state index contributed by atoms with van der Waals surface area (Å²) in [5, 5.41) is 13.9. The van der Waals surface area contributed by atoms with E-state index in [9.17, 15) is 24.5 Å². The molecule has 5 rings (SSSR count). The van der Waals surface area contributed by atoms with E-state index in [4.69, 9.17) is 9.15 Å². The highest BCUT2D eigenvalue weighted by molar-refractivity contribution is 7.98. The first-order valence-electron chi connectivity index (χ1n) is 14.9. The SMILES string of the molecule is COC(=O)C(CCSC)NC(=O)c1ccc(-c2ccc(N(Cc3cncn3Cc3ccccc3)C(=O)c3ccc([N+](=O)[O-])cc3)cc2)o1. The number of non-ortho nitro benzene ring substituents is 1. The molecule has 2 amide bonds. The van der Waals surface area contributed by atoms with Gasteiger partial charge in [-0.25, -0.2) is 9.78 Å². The van der Waals surface area contributed by atoms with Gasteiger partial charge < -0.3 is 23.9 Å². The Morgan fingerprint density at radius 3 is 2.42 bits per heavy atom. The number of nitro groups is 1. The van der Waals surface area contributed by atoms with Gasteiger partial charge in [0, 0.05) is 41.7 Å². The van der Waals surface area contributed by atoms with Crippen molar-refractivity contribution >= 4 is 40.9 Å². The first-order valence-corrected chi connectivity index (χ1v) is 16.3. The summed E-state index contributed by atoms with van der Waals surface area (Å²) in [4.78, 5) is 55.5. The Balaban J connectivity index is 1.39. The lowest BCUT2D eigenvalue weighted by molar-refractivity contribution is -0.384. The van der Waals surface area contributed by atoms with Crippen molar-refractivity contribution in [3.05, 3.63) is 136 Å². The van der Waals surface area contributed by atoms with E-state index in [0.29, 0.717) is 35.7 Å². The van der Waals surface area contributed by atoms with Crippen LogP contribution in [-0.2, 0) is 22.6 Å². The van der Waals surface area contributed by atoms with Crippen molar-refractivity contribution in [2.75, 3.05) is 24.0 Å². The molecule has 1 unspecified atom stereocenters. The van der Waals surface area contributed by atoms with Crippen LogP contribution >= 0.6 is 11.8 Å². The van der Waals surface area contributed by atoms with Crippen LogP contribution in [0.25, 0.3) is 11.3 Å². The molecule has 5 aromatic rings. The zero-order valence-electron chi connectivity index (χ0n) is 26.3. The summed E-state index contributed by atoms with van der Waals surface area (Å²) in [5.74, 6) is -0.316. The number of furan rings is 1. The number of rotatable bonds is 14. The number of anilines is 1. The molecule has 48 heavy (non-hydrogen) atoms. The number of amides is 2. The Bertz CT molecular complexity index is 1870. The van der Waals surface area contributed by atoms with Gasteiger partial charge in [-0.1, -0.05) is 30.3 Å². The second kappa shape index (κ2) is 15.7. The molecule has 0 aliphatic rings. The second-order valence-electron chi connectivity index (χ2n) is 10.7. The number of carbonyl (C=O) groups is 3. The van der Waals surface area contributed by atoms with Gasteiger partial charge in [0.05, 0.1) is 30.6 Å². The van der Waals surface area contributed by atoms with Crippen LogP contribution in [0.2, 0.25) is 0 Å². The predicted molar refractivity (Wildman–Crippen MR) is 182 cm³/mol. The third-order valence-corrected chi connectivity index (χ3v) is 8.22. The molecule has 0 aliphatic carbocycles. The largest absolute Gasteiger partial charge is 0.467 e. The van der Waals surface area contributed by atoms with Crippen molar-refractivity contribution in [1.29, 1.82) is 0 Å². The summed E-state index contributed by atoms with van der Waals surface area (Å²) in [6, 6.07) is 24.8. The highest BCUT2D eigenvalue weighted by atomic mass is 32.2. The Kier molecular flexibility index (Phi) is 11.0. The summed E-state index contributed by atoms with van der Waals surface area (Å²) in [5.41, 5.74) is 3.23. The maximum absolute atomic E-state index is 13.9. The number of nitrogens with zero attached hydrogens (tertiary/aromatic N) is 4. The van der Waals surface area contributed by atoms with E-state index >= 15 is 0 Å². The van der Waals surface area contributed by atoms with Crippen molar-refractivity contribution in [2.45, 2.75) is 25.6 Å². The Hall–Kier alpha value is -5.69. The summed E-state index contributed by atoms with van der Waals surface area (Å²) in [7, 11) is 1.27. The maximum atomic E-state index is 13.9. The van der Waals surface area contributed by atoms with E-state index in [1.807, 2.05) is 41.2 Å². The van der Waals surface area contributed by atoms with Crippen LogP contribution in [0.3, 0.4) is 0 Å². The number of carbonyl (C=O) groups excluding carboxylic acids is 3. The molecule has 3 aromatic carbocycles. The van der Waals surface area contributed by atoms with Crippen LogP contribution in [0.5, 0.6) is 0 Å². The predicted octanol–water partition coefficient (Wildman–Crippen LogP) is 5.97. The van der Waals surface area contributed by atoms with E-state index in [1.54, 1.807) is 59.5 Å². The highest BCUT2D eigenvalue weighted by Gasteiger charge is 2.24. The molecule has 0 bridgehead atoms. The van der Waals surface area contributed by atoms with Crippen molar-refractivity contribution in [2.24, 2.45) is 0 Å². The Morgan fingerprint density at radius 1 is 1.02 bits per heavy atom. The Morgan fingerprint density at radius 2 is 1.75 bits per heavy atom. The third kappa shape index (κ3) is 8.17. The van der Waals surface area contributed by atoms with Gasteiger partial charge in [-0.05, 0) is 72.5 Å². The van der Waals surface area contributed by atoms with E-state index in [2.05, 4.69) is 10.3 Å². The normalized spacial score (nSPS) is 11.5. The van der Waals surface area contributed by atoms with Gasteiger partial charge in [0.15, 0.2) is 5.76 Å². The first-order chi connectivity index (χ1) is 23.3. The lowest BCUT2D eigenvalue weighted by Crippen LogP contribution is -2.41. The van der Waals surface area contributed by atoms with Gasteiger partial charge in [-0.3, -0.25) is 19.7 Å². The van der Waals surface area contributed by atoms with Crippen molar-refractivity contribution < 1.29 is 28.5 Å². The lowest BCUT2D eigenvalue weighted by Gasteiger charge is -2.24. The maximum Gasteiger partial charge on any atom is 0.328 e. The van der Waals surface area contributed by atoms with E-state index in [0.717, 1.165) is 11.3 Å². The number of esters is 1. The van der Waals surface area contributed by atoms with Gasteiger partial charge in [-0.15, -0.1) is 0 Å². The minimum atomic E-state index is -0.800. The number of hydrogen-bond donors (Lipinski definition) is 1. The van der Waals surface area contributed by atoms with Gasteiger partial charge in [0.25, 0.3) is 17.5 Å². The Labute approximate surface area is 280 Å². The fraction of sp³-hybridized carbons (Fsp3) is 0.200. The number of imidazole rings is 1. The average molecular weight is 668 g/mol. The molecule has 1 N–H and O–H groups in total. The number of nitro benzene ring substituents is 1. The molecule has 0 radical (unpaired) electrons. The average Bonchev–Trinajstić information content (AvgIpc) is 3.79. The zero-order chi connectivity index (χ0) is 34.0. The molecule has 0 aliphatic heterocycles. The van der Waals surface area contributed by atoms with Gasteiger partial charge in [0.1, 0.15) is 11.8 Å². The van der Waals surface area contributed by atoms with E-state index in [1.165, 1.54) is 37.4 Å². The number of ether oxygens (including phenoxy) is 1. The number of nitrogens with one attached hydrogen (secondary N) is 1. The molecule has 0 spiro atoms. The number of hydrogen-bond acceptors (Lipinski definition) is 9. The summed E-state index contributed by atoms with van der Waals surface area (Å²) in [6.45, 7) is 0.728. The lowest BCUT2D eigenvalue weighted by atomic mass is 10.1. The van der Waals surface area contributed by atoms with Crippen molar-refractivity contribution in [1.82, 2.24) is 14.9 Å². The van der Waals surface area contributed by atoms with Crippen LogP contribution in [-0.4, -0.2) is 57.4 Å². The van der Waals surface area contributed by atoms with Gasteiger partial charge in [0.2, 0.25) is 0 Å². The van der Waals surface area contributed by atoms with Gasteiger partial charge >= 0.3 is 5.97 Å². The molecule has 2 aromatic heterocycles. The molecule has 0 saturated carbocycles. The number of benzene rings is 3. The number of aromatic nitrogens is 2. The summed E-state index contributed by atoms with van der Waals surface area (Å²) < 4.78 is 12.6. The second-order valence-corrected chi connectivity index (χ2v) is 11.7. The van der Waals surface area contributed by atoms with Crippen LogP contribution in [0.4, 0.5) is 11.4 Å². The topological polar surface area (TPSA) is 150 Å². The molecule has 0 fully saturated rings. The quantitative estimate of drug-likeness (QED) is 0.0858. The monoisotopic (exact) mass is 667 g/mol. The fourth-order valence-corrected chi connectivity index (χ4v) is 5.47. The van der Waals surface area contributed by atoms with E-state index in [-0.39, 0.29) is 29.5 Å². The minimum Gasteiger partial charge on any atom is -0.467 e. The smallest absolute Gasteiger partial charge is 0.328 e. The van der Waals surface area contributed by atoms with Crippen LogP contribution < -0.4 is 10.2 Å². The molecule has 2 heterocycles. The van der Waals surface area contributed by atoms with Crippen LogP contribution in [0.15, 0.2) is 108 Å². The summed E-state index contributed by atoms with van der Waals surface area (Å²) in [6.07, 6.45) is 5.73. The van der Waals surface area contributed by atoms with Crippen molar-refractivity contribution in [3.63, 3.8) is 0 Å². The van der Waals surface area contributed by atoms with Crippen molar-refractivity contribution in [3.8, 4) is 11.3 Å². The molecule has 0 saturated heterocycles. The highest BCUT2D eigenvalue weighted by Crippen LogP contribution is 2.28. The molecular formula is C35H33N5O7S. The number of methoxy groups -OCH3 is 1. The summed E-state index contributed by atoms with van der Waals surface area (Å²) >= 11 is 1.55. The fourth-order valence-electron chi connectivity index (χ4n) is 5.00. The molecule has 12 nitrogen and oxygen atoms in total. The van der Waals surface area contributed by atoms with Crippen LogP contribution in [0.1, 0.15) is 38.6 Å². The van der Waals surface area contributed by atoms with Gasteiger partial charge in [-0.2, -0.15) is 11.8 Å². The number of thioether (sulfide) groups is 1. The minimum absolute atomic E-state index is 0.0359. The van der Waals surface area contributed by atoms with E-state index < -0.39 is 22.8 Å². The van der Waals surface area contributed by atoms with Crippen LogP contribution in [0, 0.1) is 10.1 Å². The zero-order valence-corrected chi connectivity index (χ0v) is 27.1. The standard InChI is InChI=1S/C35H33N5O7S/c1-46-35(43)30(18-19-48-2)37-33(41)32-17-16-31(47-32)25-8-12-27(13-9-25)39(34(42)26-10-14-28(15-11-26)40(44)45)22-29-20-36-23-38(29)21-24-6-4-3-5-7-24/h3-17,20,23,30H,18-19,21-22H2,1-2H3,(H,37,41). The molecule has 1 atom stereocenters. The molecular weight excluding hydrogens is 634 g/mol. The first kappa shape index (κ1) is 33.7. The molecule has 13 heteroatoms. The third-order valence-electron chi connectivity index (χ3n) is 7.58. The molecule has 246 valence electrons.